The summed E-state index contributed by atoms with van der Waals surface area (Å²) in [5.74, 6) is 0.399. The summed E-state index contributed by atoms with van der Waals surface area (Å²) in [7, 11) is 1.88. The fourth-order valence-corrected chi connectivity index (χ4v) is 2.76. The quantitative estimate of drug-likeness (QED) is 0.721. The summed E-state index contributed by atoms with van der Waals surface area (Å²) in [5.41, 5.74) is 3.29. The SMILES string of the molecule is Cc1nn(C)c(C)c1CNC(=O)c1ccn(COc2cccc(Cl)c2)n1. The van der Waals surface area contributed by atoms with Gasteiger partial charge >= 0.3 is 0 Å². The van der Waals surface area contributed by atoms with Gasteiger partial charge in [0, 0.05) is 36.1 Å². The zero-order valence-corrected chi connectivity index (χ0v) is 15.6. The van der Waals surface area contributed by atoms with Crippen LogP contribution in [0.4, 0.5) is 0 Å². The predicted molar refractivity (Wildman–Crippen MR) is 98.2 cm³/mol. The highest BCUT2D eigenvalue weighted by molar-refractivity contribution is 6.30. The average molecular weight is 374 g/mol. The van der Waals surface area contributed by atoms with E-state index in [0.29, 0.717) is 23.0 Å². The van der Waals surface area contributed by atoms with Crippen molar-refractivity contribution >= 4 is 17.5 Å². The van der Waals surface area contributed by atoms with Gasteiger partial charge in [-0.15, -0.1) is 0 Å². The Bertz CT molecular complexity index is 932. The normalized spacial score (nSPS) is 10.8. The number of carbonyl (C=O) groups is 1. The van der Waals surface area contributed by atoms with Gasteiger partial charge in [0.25, 0.3) is 5.91 Å². The Kier molecular flexibility index (Phi) is 5.27. The van der Waals surface area contributed by atoms with Gasteiger partial charge in [0.05, 0.1) is 5.69 Å². The molecule has 0 aliphatic rings. The maximum Gasteiger partial charge on any atom is 0.272 e. The van der Waals surface area contributed by atoms with Crippen molar-refractivity contribution in [2.45, 2.75) is 27.1 Å². The van der Waals surface area contributed by atoms with Crippen LogP contribution in [0, 0.1) is 13.8 Å². The Balaban J connectivity index is 1.57. The molecule has 26 heavy (non-hydrogen) atoms. The minimum atomic E-state index is -0.242. The van der Waals surface area contributed by atoms with Crippen LogP contribution in [0.2, 0.25) is 5.02 Å². The maximum absolute atomic E-state index is 12.3. The molecule has 0 saturated carbocycles. The molecular formula is C18H20ClN5O2. The molecule has 2 heterocycles. The molecule has 8 heteroatoms. The molecule has 0 fully saturated rings. The Morgan fingerprint density at radius 2 is 2.08 bits per heavy atom. The number of carbonyl (C=O) groups excluding carboxylic acids is 1. The first-order valence-corrected chi connectivity index (χ1v) is 8.51. The smallest absolute Gasteiger partial charge is 0.272 e. The second-order valence-electron chi connectivity index (χ2n) is 5.93. The average Bonchev–Trinajstić information content (AvgIpc) is 3.17. The third-order valence-corrected chi connectivity index (χ3v) is 4.35. The topological polar surface area (TPSA) is 74.0 Å². The number of halogens is 1. The lowest BCUT2D eigenvalue weighted by Gasteiger charge is -2.06. The van der Waals surface area contributed by atoms with Crippen LogP contribution in [-0.4, -0.2) is 25.5 Å². The predicted octanol–water partition coefficient (Wildman–Crippen LogP) is 2.85. The van der Waals surface area contributed by atoms with Crippen LogP contribution in [0.15, 0.2) is 36.5 Å². The minimum absolute atomic E-state index is 0.189. The summed E-state index contributed by atoms with van der Waals surface area (Å²) in [6.45, 7) is 4.50. The summed E-state index contributed by atoms with van der Waals surface area (Å²) in [4.78, 5) is 12.3. The van der Waals surface area contributed by atoms with Crippen LogP contribution in [-0.2, 0) is 20.3 Å². The van der Waals surface area contributed by atoms with E-state index in [4.69, 9.17) is 16.3 Å². The lowest BCUT2D eigenvalue weighted by atomic mass is 10.2. The molecule has 0 aliphatic heterocycles. The van der Waals surface area contributed by atoms with Gasteiger partial charge in [-0.05, 0) is 38.1 Å². The Morgan fingerprint density at radius 3 is 2.77 bits per heavy atom. The number of hydrogen-bond donors (Lipinski definition) is 1. The molecule has 0 saturated heterocycles. The van der Waals surface area contributed by atoms with Gasteiger partial charge in [-0.3, -0.25) is 9.48 Å². The van der Waals surface area contributed by atoms with E-state index in [1.807, 2.05) is 33.0 Å². The molecule has 0 spiro atoms. The van der Waals surface area contributed by atoms with E-state index >= 15 is 0 Å². The number of aryl methyl sites for hydroxylation is 2. The lowest BCUT2D eigenvalue weighted by Crippen LogP contribution is -2.24. The molecule has 0 bridgehead atoms. The van der Waals surface area contributed by atoms with Crippen molar-refractivity contribution in [3.05, 3.63) is 64.2 Å². The minimum Gasteiger partial charge on any atom is -0.471 e. The van der Waals surface area contributed by atoms with Crippen LogP contribution in [0.1, 0.15) is 27.4 Å². The monoisotopic (exact) mass is 373 g/mol. The van der Waals surface area contributed by atoms with Crippen molar-refractivity contribution in [3.63, 3.8) is 0 Å². The van der Waals surface area contributed by atoms with E-state index in [1.165, 1.54) is 0 Å². The van der Waals surface area contributed by atoms with Crippen molar-refractivity contribution < 1.29 is 9.53 Å². The summed E-state index contributed by atoms with van der Waals surface area (Å²) >= 11 is 5.92. The van der Waals surface area contributed by atoms with Crippen molar-refractivity contribution in [3.8, 4) is 5.75 Å². The number of nitrogens with one attached hydrogen (secondary N) is 1. The van der Waals surface area contributed by atoms with Crippen molar-refractivity contribution in [2.75, 3.05) is 0 Å². The highest BCUT2D eigenvalue weighted by Gasteiger charge is 2.13. The highest BCUT2D eigenvalue weighted by atomic mass is 35.5. The molecule has 136 valence electrons. The van der Waals surface area contributed by atoms with Gasteiger partial charge in [0.15, 0.2) is 6.73 Å². The first-order valence-electron chi connectivity index (χ1n) is 8.13. The Hall–Kier alpha value is -2.80. The number of amides is 1. The van der Waals surface area contributed by atoms with Crippen LogP contribution in [0.25, 0.3) is 0 Å². The largest absolute Gasteiger partial charge is 0.471 e. The third-order valence-electron chi connectivity index (χ3n) is 4.12. The molecule has 1 N–H and O–H groups in total. The Morgan fingerprint density at radius 1 is 1.27 bits per heavy atom. The molecule has 7 nitrogen and oxygen atoms in total. The van der Waals surface area contributed by atoms with Crippen LogP contribution in [0.3, 0.4) is 0 Å². The van der Waals surface area contributed by atoms with Crippen molar-refractivity contribution in [1.82, 2.24) is 24.9 Å². The van der Waals surface area contributed by atoms with Gasteiger partial charge < -0.3 is 10.1 Å². The van der Waals surface area contributed by atoms with E-state index < -0.39 is 0 Å². The molecule has 3 rings (SSSR count). The molecule has 1 amide bonds. The Labute approximate surface area is 156 Å². The van der Waals surface area contributed by atoms with Gasteiger partial charge in [-0.1, -0.05) is 17.7 Å². The molecule has 0 aliphatic carbocycles. The molecule has 0 atom stereocenters. The summed E-state index contributed by atoms with van der Waals surface area (Å²) in [6, 6.07) is 8.76. The number of nitrogens with zero attached hydrogens (tertiary/aromatic N) is 4. The molecule has 2 aromatic heterocycles. The van der Waals surface area contributed by atoms with Crippen molar-refractivity contribution in [2.24, 2.45) is 7.05 Å². The maximum atomic E-state index is 12.3. The standard InChI is InChI=1S/C18H20ClN5O2/c1-12-16(13(2)23(3)21-12)10-20-18(25)17-7-8-24(22-17)11-26-15-6-4-5-14(19)9-15/h4-9H,10-11H2,1-3H3,(H,20,25). The van der Waals surface area contributed by atoms with Gasteiger partial charge in [0.1, 0.15) is 11.4 Å². The van der Waals surface area contributed by atoms with Crippen molar-refractivity contribution in [1.29, 1.82) is 0 Å². The van der Waals surface area contributed by atoms with E-state index in [2.05, 4.69) is 15.5 Å². The number of hydrogen-bond acceptors (Lipinski definition) is 4. The van der Waals surface area contributed by atoms with Crippen LogP contribution < -0.4 is 10.1 Å². The van der Waals surface area contributed by atoms with E-state index in [1.54, 1.807) is 33.8 Å². The van der Waals surface area contributed by atoms with Crippen LogP contribution in [0.5, 0.6) is 5.75 Å². The summed E-state index contributed by atoms with van der Waals surface area (Å²) in [6.07, 6.45) is 1.69. The molecule has 0 unspecified atom stereocenters. The van der Waals surface area contributed by atoms with E-state index in [-0.39, 0.29) is 12.6 Å². The van der Waals surface area contributed by atoms with Gasteiger partial charge in [-0.2, -0.15) is 10.2 Å². The zero-order valence-electron chi connectivity index (χ0n) is 14.9. The number of benzene rings is 1. The molecular weight excluding hydrogens is 354 g/mol. The van der Waals surface area contributed by atoms with Gasteiger partial charge in [-0.25, -0.2) is 4.68 Å². The fourth-order valence-electron chi connectivity index (χ4n) is 2.58. The fraction of sp³-hybridized carbons (Fsp3) is 0.278. The second-order valence-corrected chi connectivity index (χ2v) is 6.36. The van der Waals surface area contributed by atoms with Crippen LogP contribution >= 0.6 is 11.6 Å². The summed E-state index contributed by atoms with van der Waals surface area (Å²) in [5, 5.41) is 12.1. The number of rotatable bonds is 6. The number of aromatic nitrogens is 4. The van der Waals surface area contributed by atoms with Gasteiger partial charge in [0.2, 0.25) is 0 Å². The molecule has 1 aromatic carbocycles. The zero-order chi connectivity index (χ0) is 18.7. The lowest BCUT2D eigenvalue weighted by molar-refractivity contribution is 0.0943. The van der Waals surface area contributed by atoms with E-state index in [9.17, 15) is 4.79 Å². The molecule has 0 radical (unpaired) electrons. The first-order chi connectivity index (χ1) is 12.4. The second kappa shape index (κ2) is 7.61. The molecule has 3 aromatic rings. The summed E-state index contributed by atoms with van der Waals surface area (Å²) < 4.78 is 8.96. The number of ether oxygens (including phenoxy) is 1. The van der Waals surface area contributed by atoms with E-state index in [0.717, 1.165) is 17.0 Å². The third kappa shape index (κ3) is 4.05. The first kappa shape index (κ1) is 18.0. The highest BCUT2D eigenvalue weighted by Crippen LogP contribution is 2.17.